The van der Waals surface area contributed by atoms with Gasteiger partial charge in [-0.15, -0.1) is 0 Å². The lowest BCUT2D eigenvalue weighted by molar-refractivity contribution is 0.281. The minimum atomic E-state index is -3.58. The first-order chi connectivity index (χ1) is 13.9. The molecule has 0 fully saturated rings. The summed E-state index contributed by atoms with van der Waals surface area (Å²) in [5, 5.41) is 0. The van der Waals surface area contributed by atoms with Crippen molar-refractivity contribution in [2.45, 2.75) is 50.6 Å². The molecule has 3 aromatic rings. The molecular formula is C25H25NO2S. The monoisotopic (exact) mass is 403 g/mol. The van der Waals surface area contributed by atoms with Gasteiger partial charge in [0, 0.05) is 18.5 Å². The molecule has 0 saturated heterocycles. The third-order valence-corrected chi connectivity index (χ3v) is 8.34. The van der Waals surface area contributed by atoms with Gasteiger partial charge in [-0.05, 0) is 67.1 Å². The topological polar surface area (TPSA) is 37.4 Å². The van der Waals surface area contributed by atoms with E-state index in [1.807, 2.05) is 25.1 Å². The van der Waals surface area contributed by atoms with Gasteiger partial charge < -0.3 is 0 Å². The third-order valence-electron chi connectivity index (χ3n) is 6.46. The zero-order valence-electron chi connectivity index (χ0n) is 17.0. The van der Waals surface area contributed by atoms with Crippen LogP contribution >= 0.6 is 0 Å². The first kappa shape index (κ1) is 18.6. The Balaban J connectivity index is 1.69. The Kier molecular flexibility index (Phi) is 4.19. The first-order valence-corrected chi connectivity index (χ1v) is 11.6. The minimum absolute atomic E-state index is 0.0771. The zero-order chi connectivity index (χ0) is 20.3. The predicted octanol–water partition coefficient (Wildman–Crippen LogP) is 4.87. The van der Waals surface area contributed by atoms with E-state index in [-0.39, 0.29) is 12.0 Å². The Hall–Kier alpha value is -2.43. The normalized spacial score (nSPS) is 20.8. The van der Waals surface area contributed by atoms with Crippen molar-refractivity contribution in [1.29, 1.82) is 0 Å². The summed E-state index contributed by atoms with van der Waals surface area (Å²) < 4.78 is 29.1. The van der Waals surface area contributed by atoms with E-state index in [1.165, 1.54) is 27.8 Å². The molecule has 5 rings (SSSR count). The first-order valence-electron chi connectivity index (χ1n) is 10.1. The SMILES string of the molecule is Cc1ccc(S(=O)(=O)N2Cc3ccccc3[C@@H]3c4c(C)cc(C)cc4C[C@@H]32)cc1. The maximum absolute atomic E-state index is 13.7. The zero-order valence-corrected chi connectivity index (χ0v) is 17.8. The van der Waals surface area contributed by atoms with Crippen LogP contribution in [0.1, 0.15) is 44.9 Å². The van der Waals surface area contributed by atoms with Crippen LogP contribution in [0, 0.1) is 20.8 Å². The van der Waals surface area contributed by atoms with Gasteiger partial charge in [-0.1, -0.05) is 59.7 Å². The summed E-state index contributed by atoms with van der Waals surface area (Å²) in [5.74, 6) is 0.0933. The van der Waals surface area contributed by atoms with Crippen molar-refractivity contribution in [3.8, 4) is 0 Å². The van der Waals surface area contributed by atoms with Gasteiger partial charge in [0.1, 0.15) is 0 Å². The Labute approximate surface area is 173 Å². The van der Waals surface area contributed by atoms with Gasteiger partial charge in [0.25, 0.3) is 0 Å². The van der Waals surface area contributed by atoms with Crippen molar-refractivity contribution >= 4 is 10.0 Å². The Morgan fingerprint density at radius 3 is 2.34 bits per heavy atom. The van der Waals surface area contributed by atoms with E-state index in [1.54, 1.807) is 16.4 Å². The minimum Gasteiger partial charge on any atom is -0.207 e. The molecule has 1 aliphatic carbocycles. The molecule has 2 atom stereocenters. The average Bonchev–Trinajstić information content (AvgIpc) is 3.07. The van der Waals surface area contributed by atoms with Gasteiger partial charge in [-0.3, -0.25) is 0 Å². The standard InChI is InChI=1S/C25H25NO2S/c1-16-8-10-21(11-9-16)29(27,28)26-15-19-6-4-5-7-22(19)25-23(26)14-20-13-17(2)12-18(3)24(20)25/h4-13,23,25H,14-15H2,1-3H3/t23-,25-/m0/s1. The highest BCUT2D eigenvalue weighted by atomic mass is 32.2. The van der Waals surface area contributed by atoms with E-state index in [0.29, 0.717) is 11.4 Å². The molecule has 3 nitrogen and oxygen atoms in total. The van der Waals surface area contributed by atoms with Gasteiger partial charge in [-0.2, -0.15) is 4.31 Å². The molecule has 3 aromatic carbocycles. The molecule has 0 unspecified atom stereocenters. The second-order valence-electron chi connectivity index (χ2n) is 8.47. The fraction of sp³-hybridized carbons (Fsp3) is 0.280. The molecule has 0 aromatic heterocycles. The second-order valence-corrected chi connectivity index (χ2v) is 10.4. The molecule has 0 amide bonds. The van der Waals surface area contributed by atoms with Crippen LogP contribution in [0.15, 0.2) is 65.6 Å². The number of hydrogen-bond acceptors (Lipinski definition) is 2. The highest BCUT2D eigenvalue weighted by molar-refractivity contribution is 7.89. The summed E-state index contributed by atoms with van der Waals surface area (Å²) in [6, 6.07) is 19.9. The fourth-order valence-corrected chi connectivity index (χ4v) is 6.84. The number of aryl methyl sites for hydroxylation is 3. The summed E-state index contributed by atoms with van der Waals surface area (Å²) in [6.07, 6.45) is 0.766. The lowest BCUT2D eigenvalue weighted by Gasteiger charge is -2.38. The summed E-state index contributed by atoms with van der Waals surface area (Å²) in [6.45, 7) is 6.68. The number of hydrogen-bond donors (Lipinski definition) is 0. The number of nitrogens with zero attached hydrogens (tertiary/aromatic N) is 1. The molecule has 148 valence electrons. The maximum Gasteiger partial charge on any atom is 0.243 e. The molecule has 0 saturated carbocycles. The lowest BCUT2D eigenvalue weighted by atomic mass is 9.82. The van der Waals surface area contributed by atoms with Crippen LogP contribution in [0.3, 0.4) is 0 Å². The Morgan fingerprint density at radius 1 is 0.862 bits per heavy atom. The van der Waals surface area contributed by atoms with Crippen molar-refractivity contribution in [1.82, 2.24) is 4.31 Å². The smallest absolute Gasteiger partial charge is 0.207 e. The quantitative estimate of drug-likeness (QED) is 0.612. The molecule has 0 N–H and O–H groups in total. The predicted molar refractivity (Wildman–Crippen MR) is 116 cm³/mol. The van der Waals surface area contributed by atoms with E-state index in [2.05, 4.69) is 44.2 Å². The van der Waals surface area contributed by atoms with Gasteiger partial charge >= 0.3 is 0 Å². The average molecular weight is 404 g/mol. The lowest BCUT2D eigenvalue weighted by Crippen LogP contribution is -2.45. The van der Waals surface area contributed by atoms with Crippen LogP contribution in [0.5, 0.6) is 0 Å². The van der Waals surface area contributed by atoms with Crippen molar-refractivity contribution < 1.29 is 8.42 Å². The van der Waals surface area contributed by atoms with Gasteiger partial charge in [0.05, 0.1) is 4.90 Å². The van der Waals surface area contributed by atoms with E-state index in [9.17, 15) is 8.42 Å². The van der Waals surface area contributed by atoms with Crippen LogP contribution in [-0.2, 0) is 23.0 Å². The van der Waals surface area contributed by atoms with Crippen LogP contribution in [0.4, 0.5) is 0 Å². The molecule has 0 radical (unpaired) electrons. The van der Waals surface area contributed by atoms with Crippen molar-refractivity contribution in [3.05, 3.63) is 99.6 Å². The van der Waals surface area contributed by atoms with Crippen LogP contribution in [-0.4, -0.2) is 18.8 Å². The molecule has 29 heavy (non-hydrogen) atoms. The maximum atomic E-state index is 13.7. The number of fused-ring (bicyclic) bond motifs is 5. The molecular weight excluding hydrogens is 378 g/mol. The highest BCUT2D eigenvalue weighted by Gasteiger charge is 2.46. The van der Waals surface area contributed by atoms with E-state index >= 15 is 0 Å². The van der Waals surface area contributed by atoms with Crippen LogP contribution in [0.25, 0.3) is 0 Å². The van der Waals surface area contributed by atoms with E-state index < -0.39 is 10.0 Å². The summed E-state index contributed by atoms with van der Waals surface area (Å²) >= 11 is 0. The highest BCUT2D eigenvalue weighted by Crippen LogP contribution is 2.48. The number of benzene rings is 3. The summed E-state index contributed by atoms with van der Waals surface area (Å²) in [7, 11) is -3.58. The van der Waals surface area contributed by atoms with Crippen LogP contribution in [0.2, 0.25) is 0 Å². The van der Waals surface area contributed by atoms with Crippen molar-refractivity contribution in [2.24, 2.45) is 0 Å². The van der Waals surface area contributed by atoms with Crippen LogP contribution < -0.4 is 0 Å². The van der Waals surface area contributed by atoms with E-state index in [0.717, 1.165) is 17.5 Å². The number of rotatable bonds is 2. The second kappa shape index (κ2) is 6.54. The van der Waals surface area contributed by atoms with Gasteiger partial charge in [0.15, 0.2) is 0 Å². The van der Waals surface area contributed by atoms with Gasteiger partial charge in [-0.25, -0.2) is 8.42 Å². The van der Waals surface area contributed by atoms with Crippen molar-refractivity contribution in [3.63, 3.8) is 0 Å². The molecule has 2 aliphatic rings. The number of sulfonamides is 1. The summed E-state index contributed by atoms with van der Waals surface area (Å²) in [4.78, 5) is 0.380. The summed E-state index contributed by atoms with van der Waals surface area (Å²) in [5.41, 5.74) is 8.55. The Bertz CT molecular complexity index is 1210. The third kappa shape index (κ3) is 2.85. The fourth-order valence-electron chi connectivity index (χ4n) is 5.22. The van der Waals surface area contributed by atoms with Crippen molar-refractivity contribution in [2.75, 3.05) is 0 Å². The molecule has 4 heteroatoms. The molecule has 1 aliphatic heterocycles. The van der Waals surface area contributed by atoms with Gasteiger partial charge in [0.2, 0.25) is 10.0 Å². The molecule has 0 spiro atoms. The molecule has 1 heterocycles. The Morgan fingerprint density at radius 2 is 1.59 bits per heavy atom. The largest absolute Gasteiger partial charge is 0.243 e. The molecule has 0 bridgehead atoms. The van der Waals surface area contributed by atoms with E-state index in [4.69, 9.17) is 0 Å².